The average molecular weight is 392 g/mol. The van der Waals surface area contributed by atoms with Crippen LogP contribution in [0.15, 0.2) is 60.4 Å². The Bertz CT molecular complexity index is 1130. The van der Waals surface area contributed by atoms with Gasteiger partial charge in [0.2, 0.25) is 5.78 Å². The van der Waals surface area contributed by atoms with Crippen molar-refractivity contribution in [3.05, 3.63) is 99.8 Å². The number of carbonyl (C=O) groups is 1. The molecule has 5 heteroatoms. The summed E-state index contributed by atoms with van der Waals surface area (Å²) >= 11 is 0. The van der Waals surface area contributed by atoms with Crippen LogP contribution in [-0.4, -0.2) is 5.78 Å². The molecule has 0 saturated carbocycles. The summed E-state index contributed by atoms with van der Waals surface area (Å²) in [5, 5.41) is 0. The van der Waals surface area contributed by atoms with Crippen molar-refractivity contribution in [2.75, 3.05) is 0 Å². The maximum atomic E-state index is 13.8. The van der Waals surface area contributed by atoms with Crippen LogP contribution in [0.3, 0.4) is 0 Å². The molecule has 0 saturated heterocycles. The monoisotopic (exact) mass is 392 g/mol. The second kappa shape index (κ2) is 7.51. The Hall–Kier alpha value is -3.47. The molecule has 3 aromatic rings. The number of benzene rings is 3. The minimum Gasteiger partial charge on any atom is -0.489 e. The third kappa shape index (κ3) is 3.76. The predicted molar refractivity (Wildman–Crippen MR) is 106 cm³/mol. The van der Waals surface area contributed by atoms with Gasteiger partial charge in [0.1, 0.15) is 29.7 Å². The van der Waals surface area contributed by atoms with Crippen LogP contribution in [-0.2, 0) is 6.61 Å². The number of ether oxygens (including phenoxy) is 2. The van der Waals surface area contributed by atoms with Gasteiger partial charge in [0.25, 0.3) is 0 Å². The van der Waals surface area contributed by atoms with Crippen LogP contribution < -0.4 is 9.47 Å². The van der Waals surface area contributed by atoms with Crippen LogP contribution in [0.1, 0.15) is 32.6 Å². The summed E-state index contributed by atoms with van der Waals surface area (Å²) in [6.07, 6.45) is 1.70. The van der Waals surface area contributed by atoms with Gasteiger partial charge < -0.3 is 9.47 Å². The second-order valence-corrected chi connectivity index (χ2v) is 6.96. The van der Waals surface area contributed by atoms with Crippen molar-refractivity contribution in [2.24, 2.45) is 0 Å². The SMILES string of the molecule is Cc1cccc(/C=C2\Oc3cc(OCc4c(F)cccc4F)cc(C)c3C2=O)c1. The minimum absolute atomic E-state index is 0.150. The molecule has 146 valence electrons. The molecule has 0 amide bonds. The van der Waals surface area contributed by atoms with E-state index in [1.807, 2.05) is 31.2 Å². The Morgan fingerprint density at radius 2 is 1.72 bits per heavy atom. The zero-order valence-corrected chi connectivity index (χ0v) is 16.0. The molecule has 0 fully saturated rings. The second-order valence-electron chi connectivity index (χ2n) is 6.96. The van der Waals surface area contributed by atoms with Gasteiger partial charge in [-0.1, -0.05) is 35.9 Å². The molecule has 1 aliphatic rings. The van der Waals surface area contributed by atoms with Gasteiger partial charge >= 0.3 is 0 Å². The summed E-state index contributed by atoms with van der Waals surface area (Å²) in [6, 6.07) is 14.6. The van der Waals surface area contributed by atoms with E-state index in [-0.39, 0.29) is 23.7 Å². The summed E-state index contributed by atoms with van der Waals surface area (Å²) in [6.45, 7) is 3.48. The van der Waals surface area contributed by atoms with Gasteiger partial charge in [0.15, 0.2) is 5.76 Å². The van der Waals surface area contributed by atoms with Crippen LogP contribution in [0.4, 0.5) is 8.78 Å². The molecule has 3 aromatic carbocycles. The van der Waals surface area contributed by atoms with Crippen molar-refractivity contribution in [1.82, 2.24) is 0 Å². The fourth-order valence-corrected chi connectivity index (χ4v) is 3.30. The Morgan fingerprint density at radius 1 is 1.00 bits per heavy atom. The lowest BCUT2D eigenvalue weighted by Crippen LogP contribution is -2.02. The number of hydrogen-bond acceptors (Lipinski definition) is 3. The summed E-state index contributed by atoms with van der Waals surface area (Å²) in [4.78, 5) is 12.8. The number of fused-ring (bicyclic) bond motifs is 1. The molecule has 29 heavy (non-hydrogen) atoms. The van der Waals surface area contributed by atoms with E-state index in [0.29, 0.717) is 22.6 Å². The highest BCUT2D eigenvalue weighted by atomic mass is 19.1. The smallest absolute Gasteiger partial charge is 0.232 e. The Morgan fingerprint density at radius 3 is 2.45 bits per heavy atom. The van der Waals surface area contributed by atoms with Crippen LogP contribution in [0.2, 0.25) is 0 Å². The van der Waals surface area contributed by atoms with Crippen molar-refractivity contribution >= 4 is 11.9 Å². The van der Waals surface area contributed by atoms with Gasteiger partial charge in [-0.3, -0.25) is 4.79 Å². The molecular weight excluding hydrogens is 374 g/mol. The molecule has 4 rings (SSSR count). The van der Waals surface area contributed by atoms with Crippen LogP contribution in [0, 0.1) is 25.5 Å². The lowest BCUT2D eigenvalue weighted by atomic mass is 10.0. The molecule has 0 aromatic heterocycles. The first-order valence-corrected chi connectivity index (χ1v) is 9.13. The first-order chi connectivity index (χ1) is 13.9. The largest absolute Gasteiger partial charge is 0.489 e. The molecule has 0 N–H and O–H groups in total. The van der Waals surface area contributed by atoms with E-state index in [4.69, 9.17) is 9.47 Å². The topological polar surface area (TPSA) is 35.5 Å². The highest BCUT2D eigenvalue weighted by Crippen LogP contribution is 2.37. The molecule has 0 radical (unpaired) electrons. The van der Waals surface area contributed by atoms with E-state index in [9.17, 15) is 13.6 Å². The molecule has 1 aliphatic heterocycles. The number of Topliss-reactive ketones (excluding diaryl/α,β-unsaturated/α-hetero) is 1. The third-order valence-electron chi connectivity index (χ3n) is 4.73. The average Bonchev–Trinajstić information content (AvgIpc) is 2.97. The van der Waals surface area contributed by atoms with Crippen LogP contribution in [0.5, 0.6) is 11.5 Å². The van der Waals surface area contributed by atoms with Gasteiger partial charge in [0.05, 0.1) is 11.1 Å². The van der Waals surface area contributed by atoms with Gasteiger partial charge in [-0.2, -0.15) is 0 Å². The summed E-state index contributed by atoms with van der Waals surface area (Å²) in [5.41, 5.74) is 2.93. The summed E-state index contributed by atoms with van der Waals surface area (Å²) in [7, 11) is 0. The molecular formula is C24H18F2O3. The standard InChI is InChI=1S/C24H18F2O3/c1-14-5-3-6-16(9-14)11-22-24(27)23-15(2)10-17(12-21(23)29-22)28-13-18-19(25)7-4-8-20(18)26/h3-12H,13H2,1-2H3/b22-11-. The maximum Gasteiger partial charge on any atom is 0.232 e. The van der Waals surface area contributed by atoms with Gasteiger partial charge in [-0.15, -0.1) is 0 Å². The van der Waals surface area contributed by atoms with Crippen molar-refractivity contribution in [3.8, 4) is 11.5 Å². The molecule has 0 bridgehead atoms. The van der Waals surface area contributed by atoms with E-state index in [1.54, 1.807) is 25.1 Å². The maximum absolute atomic E-state index is 13.8. The fourth-order valence-electron chi connectivity index (χ4n) is 3.30. The summed E-state index contributed by atoms with van der Waals surface area (Å²) < 4.78 is 38.9. The predicted octanol–water partition coefficient (Wildman–Crippen LogP) is 5.78. The Labute approximate surface area is 167 Å². The molecule has 1 heterocycles. The molecule has 0 spiro atoms. The lowest BCUT2D eigenvalue weighted by Gasteiger charge is -2.10. The number of ketones is 1. The number of hydrogen-bond donors (Lipinski definition) is 0. The van der Waals surface area contributed by atoms with E-state index < -0.39 is 11.6 Å². The van der Waals surface area contributed by atoms with Crippen molar-refractivity contribution in [1.29, 1.82) is 0 Å². The van der Waals surface area contributed by atoms with Crippen LogP contribution >= 0.6 is 0 Å². The third-order valence-corrected chi connectivity index (χ3v) is 4.73. The van der Waals surface area contributed by atoms with E-state index in [0.717, 1.165) is 11.1 Å². The Balaban J connectivity index is 1.59. The Kier molecular flexibility index (Phi) is 4.89. The van der Waals surface area contributed by atoms with E-state index in [1.165, 1.54) is 18.2 Å². The van der Waals surface area contributed by atoms with Crippen LogP contribution in [0.25, 0.3) is 6.08 Å². The minimum atomic E-state index is -0.669. The number of aryl methyl sites for hydroxylation is 2. The highest BCUT2D eigenvalue weighted by molar-refractivity contribution is 6.15. The first kappa shape index (κ1) is 18.9. The number of halogens is 2. The zero-order chi connectivity index (χ0) is 20.5. The van der Waals surface area contributed by atoms with Crippen molar-refractivity contribution < 1.29 is 23.0 Å². The van der Waals surface area contributed by atoms with Crippen molar-refractivity contribution in [2.45, 2.75) is 20.5 Å². The lowest BCUT2D eigenvalue weighted by molar-refractivity contribution is 0.101. The molecule has 0 unspecified atom stereocenters. The summed E-state index contributed by atoms with van der Waals surface area (Å²) in [5.74, 6) is -0.571. The fraction of sp³-hybridized carbons (Fsp3) is 0.125. The van der Waals surface area contributed by atoms with E-state index >= 15 is 0 Å². The van der Waals surface area contributed by atoms with Crippen molar-refractivity contribution in [3.63, 3.8) is 0 Å². The van der Waals surface area contributed by atoms with E-state index in [2.05, 4.69) is 0 Å². The highest BCUT2D eigenvalue weighted by Gasteiger charge is 2.30. The number of rotatable bonds is 4. The molecule has 3 nitrogen and oxygen atoms in total. The molecule has 0 atom stereocenters. The first-order valence-electron chi connectivity index (χ1n) is 9.13. The van der Waals surface area contributed by atoms with Gasteiger partial charge in [-0.05, 0) is 49.2 Å². The zero-order valence-electron chi connectivity index (χ0n) is 16.0. The van der Waals surface area contributed by atoms with Gasteiger partial charge in [0, 0.05) is 6.07 Å². The number of carbonyl (C=O) groups excluding carboxylic acids is 1. The number of allylic oxidation sites excluding steroid dienone is 1. The van der Waals surface area contributed by atoms with Gasteiger partial charge in [-0.25, -0.2) is 8.78 Å². The quantitative estimate of drug-likeness (QED) is 0.528. The molecule has 0 aliphatic carbocycles. The normalized spacial score (nSPS) is 14.1.